The van der Waals surface area contributed by atoms with Gasteiger partial charge in [-0.15, -0.1) is 0 Å². The molecule has 1 aromatic heterocycles. The number of fused-ring (bicyclic) bond motifs is 1. The van der Waals surface area contributed by atoms with Crippen LogP contribution in [-0.2, 0) is 15.9 Å². The number of oxazole rings is 1. The van der Waals surface area contributed by atoms with Gasteiger partial charge < -0.3 is 18.8 Å². The predicted molar refractivity (Wildman–Crippen MR) is 131 cm³/mol. The Morgan fingerprint density at radius 2 is 1.91 bits per heavy atom. The molecule has 5 rings (SSSR count). The van der Waals surface area contributed by atoms with Crippen LogP contribution < -0.4 is 5.46 Å². The van der Waals surface area contributed by atoms with Crippen LogP contribution in [-0.4, -0.2) is 52.5 Å². The number of nitrogens with zero attached hydrogens (tertiary/aromatic N) is 2. The standard InChI is InChI=1S/C25H30BClN2O4/c1-15-18(7-6-8-19(15)26-32-24(2,3)25(4,5)33-26)23-28-21-12-16(11-20(27)22(21)31-23)13-29-10-9-17(30)14-29/h6-8,11-12,17,30H,9-10,13-14H2,1-5H3/t17-/m1/s1. The van der Waals surface area contributed by atoms with E-state index in [0.29, 0.717) is 23.0 Å². The maximum Gasteiger partial charge on any atom is 0.495 e. The van der Waals surface area contributed by atoms with Gasteiger partial charge in [0.25, 0.3) is 0 Å². The highest BCUT2D eigenvalue weighted by Crippen LogP contribution is 2.37. The van der Waals surface area contributed by atoms with Crippen molar-refractivity contribution in [1.29, 1.82) is 0 Å². The molecule has 6 nitrogen and oxygen atoms in total. The molecule has 0 amide bonds. The molecular formula is C25H30BClN2O4. The molecule has 0 radical (unpaired) electrons. The smallest absolute Gasteiger partial charge is 0.435 e. The second-order valence-electron chi connectivity index (χ2n) is 10.2. The number of benzene rings is 2. The molecule has 3 aromatic rings. The van der Waals surface area contributed by atoms with Crippen LogP contribution in [0.15, 0.2) is 34.7 Å². The molecule has 174 valence electrons. The SMILES string of the molecule is Cc1c(B2OC(C)(C)C(C)(C)O2)cccc1-c1nc2cc(CN3CC[C@@H](O)C3)cc(Cl)c2o1. The van der Waals surface area contributed by atoms with Crippen LogP contribution in [0.1, 0.15) is 45.2 Å². The first-order valence-electron chi connectivity index (χ1n) is 11.5. The first kappa shape index (κ1) is 22.9. The molecular weight excluding hydrogens is 439 g/mol. The first-order valence-corrected chi connectivity index (χ1v) is 11.9. The van der Waals surface area contributed by atoms with Crippen molar-refractivity contribution in [3.8, 4) is 11.5 Å². The van der Waals surface area contributed by atoms with Crippen LogP contribution in [0.2, 0.25) is 5.02 Å². The summed E-state index contributed by atoms with van der Waals surface area (Å²) in [5, 5.41) is 10.3. The van der Waals surface area contributed by atoms with Crippen molar-refractivity contribution in [3.63, 3.8) is 0 Å². The summed E-state index contributed by atoms with van der Waals surface area (Å²) in [6.45, 7) is 12.5. The highest BCUT2D eigenvalue weighted by Gasteiger charge is 2.52. The summed E-state index contributed by atoms with van der Waals surface area (Å²) in [4.78, 5) is 7.00. The molecule has 0 bridgehead atoms. The zero-order chi connectivity index (χ0) is 23.5. The van der Waals surface area contributed by atoms with Crippen molar-refractivity contribution in [1.82, 2.24) is 9.88 Å². The Hall–Kier alpha value is -1.90. The van der Waals surface area contributed by atoms with E-state index in [0.717, 1.165) is 47.2 Å². The lowest BCUT2D eigenvalue weighted by molar-refractivity contribution is 0.00578. The molecule has 0 spiro atoms. The van der Waals surface area contributed by atoms with Gasteiger partial charge in [0.15, 0.2) is 5.58 Å². The van der Waals surface area contributed by atoms with E-state index in [1.807, 2.05) is 37.3 Å². The van der Waals surface area contributed by atoms with Crippen LogP contribution >= 0.6 is 11.6 Å². The Labute approximate surface area is 200 Å². The van der Waals surface area contributed by atoms with Crippen molar-refractivity contribution >= 4 is 35.3 Å². The average Bonchev–Trinajstić information content (AvgIpc) is 3.38. The molecule has 2 aliphatic rings. The topological polar surface area (TPSA) is 68.0 Å². The summed E-state index contributed by atoms with van der Waals surface area (Å²) in [5.74, 6) is 0.525. The third-order valence-electron chi connectivity index (χ3n) is 7.27. The molecule has 0 aliphatic carbocycles. The number of aromatic nitrogens is 1. The van der Waals surface area contributed by atoms with E-state index >= 15 is 0 Å². The molecule has 33 heavy (non-hydrogen) atoms. The van der Waals surface area contributed by atoms with Crippen molar-refractivity contribution < 1.29 is 18.8 Å². The number of likely N-dealkylation sites (tertiary alicyclic amines) is 1. The maximum atomic E-state index is 9.80. The number of β-amino-alcohol motifs (C(OH)–C–C–N with tert-alkyl or cyclic N) is 1. The zero-order valence-corrected chi connectivity index (χ0v) is 20.6. The quantitative estimate of drug-likeness (QED) is 0.575. The maximum absolute atomic E-state index is 9.80. The van der Waals surface area contributed by atoms with Crippen LogP contribution in [0.25, 0.3) is 22.6 Å². The van der Waals surface area contributed by atoms with E-state index in [2.05, 4.69) is 32.6 Å². The lowest BCUT2D eigenvalue weighted by Gasteiger charge is -2.32. The fourth-order valence-electron chi connectivity index (χ4n) is 4.58. The molecule has 8 heteroatoms. The number of halogens is 1. The van der Waals surface area contributed by atoms with E-state index in [1.54, 1.807) is 0 Å². The predicted octanol–water partition coefficient (Wildman–Crippen LogP) is 4.32. The third-order valence-corrected chi connectivity index (χ3v) is 7.55. The molecule has 1 N–H and O–H groups in total. The summed E-state index contributed by atoms with van der Waals surface area (Å²) in [5.41, 5.74) is 4.41. The van der Waals surface area contributed by atoms with Crippen molar-refractivity contribution in [2.75, 3.05) is 13.1 Å². The van der Waals surface area contributed by atoms with Gasteiger partial charge in [-0.3, -0.25) is 4.90 Å². The summed E-state index contributed by atoms with van der Waals surface area (Å²) < 4.78 is 18.7. The van der Waals surface area contributed by atoms with Crippen LogP contribution in [0.3, 0.4) is 0 Å². The fraction of sp³-hybridized carbons (Fsp3) is 0.480. The van der Waals surface area contributed by atoms with Gasteiger partial charge in [0, 0.05) is 25.2 Å². The van der Waals surface area contributed by atoms with E-state index in [4.69, 9.17) is 30.3 Å². The normalized spacial score (nSPS) is 22.5. The van der Waals surface area contributed by atoms with Crippen molar-refractivity contribution in [2.24, 2.45) is 0 Å². The second-order valence-corrected chi connectivity index (χ2v) is 10.6. The average molecular weight is 469 g/mol. The van der Waals surface area contributed by atoms with E-state index in [1.165, 1.54) is 0 Å². The van der Waals surface area contributed by atoms with Crippen LogP contribution in [0.5, 0.6) is 0 Å². The van der Waals surface area contributed by atoms with Gasteiger partial charge in [0.05, 0.1) is 22.3 Å². The zero-order valence-electron chi connectivity index (χ0n) is 19.8. The lowest BCUT2D eigenvalue weighted by Crippen LogP contribution is -2.41. The molecule has 1 atom stereocenters. The molecule has 2 saturated heterocycles. The van der Waals surface area contributed by atoms with Gasteiger partial charge >= 0.3 is 7.12 Å². The number of hydrogen-bond acceptors (Lipinski definition) is 6. The summed E-state index contributed by atoms with van der Waals surface area (Å²) in [7, 11) is -0.453. The monoisotopic (exact) mass is 468 g/mol. The molecule has 2 aromatic carbocycles. The number of aliphatic hydroxyl groups is 1. The van der Waals surface area contributed by atoms with Gasteiger partial charge in [0.2, 0.25) is 5.89 Å². The molecule has 2 fully saturated rings. The van der Waals surface area contributed by atoms with Gasteiger partial charge in [-0.25, -0.2) is 4.98 Å². The highest BCUT2D eigenvalue weighted by molar-refractivity contribution is 6.62. The third kappa shape index (κ3) is 4.11. The summed E-state index contributed by atoms with van der Waals surface area (Å²) >= 11 is 6.57. The minimum Gasteiger partial charge on any atom is -0.435 e. The Morgan fingerprint density at radius 3 is 2.58 bits per heavy atom. The Bertz CT molecular complexity index is 1190. The largest absolute Gasteiger partial charge is 0.495 e. The molecule has 2 aliphatic heterocycles. The summed E-state index contributed by atoms with van der Waals surface area (Å²) in [6, 6.07) is 9.95. The molecule has 0 unspecified atom stereocenters. The number of hydrogen-bond donors (Lipinski definition) is 1. The number of aliphatic hydroxyl groups excluding tert-OH is 1. The Kier molecular flexibility index (Phi) is 5.62. The van der Waals surface area contributed by atoms with Crippen molar-refractivity contribution in [3.05, 3.63) is 46.5 Å². The van der Waals surface area contributed by atoms with Crippen LogP contribution in [0.4, 0.5) is 0 Å². The second kappa shape index (κ2) is 8.10. The lowest BCUT2D eigenvalue weighted by atomic mass is 9.75. The fourth-order valence-corrected chi connectivity index (χ4v) is 4.85. The summed E-state index contributed by atoms with van der Waals surface area (Å²) in [6.07, 6.45) is 0.560. The number of rotatable bonds is 4. The van der Waals surface area contributed by atoms with Gasteiger partial charge in [-0.2, -0.15) is 0 Å². The van der Waals surface area contributed by atoms with Crippen molar-refractivity contribution in [2.45, 2.75) is 64.9 Å². The first-order chi connectivity index (χ1) is 15.5. The van der Waals surface area contributed by atoms with Gasteiger partial charge in [0.1, 0.15) is 5.52 Å². The molecule has 0 saturated carbocycles. The Morgan fingerprint density at radius 1 is 1.18 bits per heavy atom. The van der Waals surface area contributed by atoms with E-state index in [-0.39, 0.29) is 6.10 Å². The van der Waals surface area contributed by atoms with Gasteiger partial charge in [-0.1, -0.05) is 23.7 Å². The minimum atomic E-state index is -0.453. The van der Waals surface area contributed by atoms with Crippen LogP contribution in [0, 0.1) is 6.92 Å². The van der Waals surface area contributed by atoms with E-state index < -0.39 is 18.3 Å². The Balaban J connectivity index is 1.47. The minimum absolute atomic E-state index is 0.248. The molecule has 3 heterocycles. The highest BCUT2D eigenvalue weighted by atomic mass is 35.5. The van der Waals surface area contributed by atoms with E-state index in [9.17, 15) is 5.11 Å². The van der Waals surface area contributed by atoms with Gasteiger partial charge in [-0.05, 0) is 75.8 Å².